The molecule has 0 saturated heterocycles. The Kier molecular flexibility index (Phi) is 6.05. The fourth-order valence-corrected chi connectivity index (χ4v) is 1.69. The van der Waals surface area contributed by atoms with Gasteiger partial charge in [-0.15, -0.1) is 4.91 Å². The first-order valence-electron chi connectivity index (χ1n) is 6.30. The normalized spacial score (nSPS) is 10.1. The minimum atomic E-state index is -0.746. The summed E-state index contributed by atoms with van der Waals surface area (Å²) in [5.41, 5.74) is 1.05. The number of ether oxygens (including phenoxy) is 1. The molecule has 0 spiro atoms. The number of nitroso groups, excluding NO2 is 1. The van der Waals surface area contributed by atoms with Crippen LogP contribution in [0.1, 0.15) is 48.5 Å². The predicted molar refractivity (Wildman–Crippen MR) is 70.9 cm³/mol. The van der Waals surface area contributed by atoms with Crippen LogP contribution in [-0.4, -0.2) is 12.5 Å². The second-order valence-electron chi connectivity index (χ2n) is 4.28. The molecular weight excluding hydrogens is 230 g/mol. The van der Waals surface area contributed by atoms with Crippen molar-refractivity contribution in [1.29, 1.82) is 0 Å². The van der Waals surface area contributed by atoms with Gasteiger partial charge in [0.15, 0.2) is 0 Å². The van der Waals surface area contributed by atoms with E-state index in [1.807, 2.05) is 0 Å². The molecule has 0 fully saturated rings. The molecule has 0 radical (unpaired) electrons. The maximum atomic E-state index is 11.3. The third kappa shape index (κ3) is 4.28. The molecule has 0 aliphatic carbocycles. The van der Waals surface area contributed by atoms with Crippen LogP contribution in [0.5, 0.6) is 5.75 Å². The van der Waals surface area contributed by atoms with E-state index in [4.69, 9.17) is 4.74 Å². The first-order valence-corrected chi connectivity index (χ1v) is 6.30. The number of carbonyl (C=O) groups is 1. The second kappa shape index (κ2) is 7.58. The van der Waals surface area contributed by atoms with Crippen molar-refractivity contribution in [2.24, 2.45) is 5.18 Å². The molecule has 0 heterocycles. The van der Waals surface area contributed by atoms with Crippen molar-refractivity contribution in [2.45, 2.75) is 39.5 Å². The van der Waals surface area contributed by atoms with Crippen LogP contribution in [0.2, 0.25) is 0 Å². The lowest BCUT2D eigenvalue weighted by Crippen LogP contribution is -2.01. The van der Waals surface area contributed by atoms with E-state index in [-0.39, 0.29) is 0 Å². The van der Waals surface area contributed by atoms with Crippen molar-refractivity contribution < 1.29 is 9.53 Å². The van der Waals surface area contributed by atoms with Gasteiger partial charge >= 0.3 is 5.91 Å². The van der Waals surface area contributed by atoms with E-state index in [0.29, 0.717) is 17.9 Å². The predicted octanol–water partition coefficient (Wildman–Crippen LogP) is 3.86. The lowest BCUT2D eigenvalue weighted by molar-refractivity contribution is 0.0999. The number of aryl methyl sites for hydroxylation is 1. The highest BCUT2D eigenvalue weighted by molar-refractivity contribution is 5.96. The SMILES string of the molecule is CCCCCCOc1ccc(C)c(C(=O)N=O)c1. The average Bonchev–Trinajstić information content (AvgIpc) is 2.39. The molecule has 4 heteroatoms. The van der Waals surface area contributed by atoms with Crippen molar-refractivity contribution >= 4 is 5.91 Å². The van der Waals surface area contributed by atoms with Crippen LogP contribution in [0.25, 0.3) is 0 Å². The van der Waals surface area contributed by atoms with Gasteiger partial charge in [-0.1, -0.05) is 32.3 Å². The summed E-state index contributed by atoms with van der Waals surface area (Å²) in [4.78, 5) is 21.5. The number of nitrogens with zero attached hydrogens (tertiary/aromatic N) is 1. The van der Waals surface area contributed by atoms with Crippen molar-refractivity contribution in [3.63, 3.8) is 0 Å². The largest absolute Gasteiger partial charge is 0.494 e. The zero-order valence-corrected chi connectivity index (χ0v) is 10.9. The Bertz CT molecular complexity index is 416. The molecule has 4 nitrogen and oxygen atoms in total. The molecule has 1 amide bonds. The number of benzene rings is 1. The lowest BCUT2D eigenvalue weighted by Gasteiger charge is -2.08. The summed E-state index contributed by atoms with van der Waals surface area (Å²) in [6.45, 7) is 4.56. The third-order valence-electron chi connectivity index (χ3n) is 2.79. The fourth-order valence-electron chi connectivity index (χ4n) is 1.69. The van der Waals surface area contributed by atoms with Gasteiger partial charge in [-0.05, 0) is 31.0 Å². The minimum Gasteiger partial charge on any atom is -0.494 e. The summed E-state index contributed by atoms with van der Waals surface area (Å²) in [6.07, 6.45) is 4.53. The number of rotatable bonds is 7. The second-order valence-corrected chi connectivity index (χ2v) is 4.28. The Morgan fingerprint density at radius 2 is 2.06 bits per heavy atom. The van der Waals surface area contributed by atoms with Crippen molar-refractivity contribution in [3.8, 4) is 5.75 Å². The molecule has 0 aromatic heterocycles. The van der Waals surface area contributed by atoms with Crippen LogP contribution in [0.3, 0.4) is 0 Å². The molecule has 98 valence electrons. The summed E-state index contributed by atoms with van der Waals surface area (Å²) in [7, 11) is 0. The molecule has 0 aliphatic heterocycles. The van der Waals surface area contributed by atoms with E-state index in [2.05, 4.69) is 12.1 Å². The fraction of sp³-hybridized carbons (Fsp3) is 0.500. The summed E-state index contributed by atoms with van der Waals surface area (Å²) in [5.74, 6) is -0.131. The summed E-state index contributed by atoms with van der Waals surface area (Å²) >= 11 is 0. The van der Waals surface area contributed by atoms with Gasteiger partial charge in [-0.3, -0.25) is 4.79 Å². The maximum absolute atomic E-state index is 11.3. The number of carbonyl (C=O) groups excluding carboxylic acids is 1. The quantitative estimate of drug-likeness (QED) is 0.544. The van der Waals surface area contributed by atoms with Crippen LogP contribution in [0.4, 0.5) is 0 Å². The molecular formula is C14H19NO3. The van der Waals surface area contributed by atoms with Crippen LogP contribution >= 0.6 is 0 Å². The molecule has 0 aliphatic rings. The standard InChI is InChI=1S/C14H19NO3/c1-3-4-5-6-9-18-12-8-7-11(2)13(10-12)14(16)15-17/h7-8,10H,3-6,9H2,1-2H3. The summed E-state index contributed by atoms with van der Waals surface area (Å²) in [6, 6.07) is 5.15. The Morgan fingerprint density at radius 1 is 1.28 bits per heavy atom. The third-order valence-corrected chi connectivity index (χ3v) is 2.79. The van der Waals surface area contributed by atoms with Gasteiger partial charge in [0.1, 0.15) is 5.75 Å². The minimum absolute atomic E-state index is 0.316. The molecule has 0 unspecified atom stereocenters. The van der Waals surface area contributed by atoms with Crippen molar-refractivity contribution in [1.82, 2.24) is 0 Å². The molecule has 0 saturated carbocycles. The monoisotopic (exact) mass is 249 g/mol. The first-order chi connectivity index (χ1) is 8.69. The Morgan fingerprint density at radius 3 is 2.72 bits per heavy atom. The highest BCUT2D eigenvalue weighted by Crippen LogP contribution is 2.18. The molecule has 1 aromatic carbocycles. The highest BCUT2D eigenvalue weighted by atomic mass is 16.5. The van der Waals surface area contributed by atoms with Gasteiger partial charge in [0.25, 0.3) is 0 Å². The van der Waals surface area contributed by atoms with Crippen molar-refractivity contribution in [3.05, 3.63) is 34.2 Å². The smallest absolute Gasteiger partial charge is 0.317 e. The molecule has 18 heavy (non-hydrogen) atoms. The zero-order chi connectivity index (χ0) is 13.4. The van der Waals surface area contributed by atoms with Gasteiger partial charge in [-0.2, -0.15) is 0 Å². The van der Waals surface area contributed by atoms with Gasteiger partial charge < -0.3 is 4.74 Å². The van der Waals surface area contributed by atoms with E-state index >= 15 is 0 Å². The van der Waals surface area contributed by atoms with Gasteiger partial charge in [0.2, 0.25) is 0 Å². The number of unbranched alkanes of at least 4 members (excludes halogenated alkanes) is 3. The Balaban J connectivity index is 2.56. The topological polar surface area (TPSA) is 55.7 Å². The van der Waals surface area contributed by atoms with E-state index in [1.54, 1.807) is 25.1 Å². The van der Waals surface area contributed by atoms with E-state index < -0.39 is 5.91 Å². The Hall–Kier alpha value is -1.71. The van der Waals surface area contributed by atoms with Crippen LogP contribution in [0.15, 0.2) is 23.4 Å². The summed E-state index contributed by atoms with van der Waals surface area (Å²) < 4.78 is 5.55. The molecule has 0 atom stereocenters. The number of hydrogen-bond donors (Lipinski definition) is 0. The Labute approximate surface area is 107 Å². The van der Waals surface area contributed by atoms with E-state index in [9.17, 15) is 9.70 Å². The van der Waals surface area contributed by atoms with Crippen LogP contribution in [0, 0.1) is 11.8 Å². The van der Waals surface area contributed by atoms with Crippen molar-refractivity contribution in [2.75, 3.05) is 6.61 Å². The number of hydrogen-bond acceptors (Lipinski definition) is 3. The summed E-state index contributed by atoms with van der Waals surface area (Å²) in [5, 5.41) is 2.44. The number of amides is 1. The van der Waals surface area contributed by atoms with E-state index in [1.165, 1.54) is 12.8 Å². The molecule has 1 rings (SSSR count). The van der Waals surface area contributed by atoms with Crippen LogP contribution < -0.4 is 4.74 Å². The van der Waals surface area contributed by atoms with E-state index in [0.717, 1.165) is 18.4 Å². The van der Waals surface area contributed by atoms with Gasteiger partial charge in [0.05, 0.1) is 12.2 Å². The maximum Gasteiger partial charge on any atom is 0.317 e. The van der Waals surface area contributed by atoms with Gasteiger partial charge in [-0.25, -0.2) is 0 Å². The van der Waals surface area contributed by atoms with Crippen LogP contribution in [-0.2, 0) is 0 Å². The zero-order valence-electron chi connectivity index (χ0n) is 10.9. The molecule has 0 bridgehead atoms. The molecule has 1 aromatic rings. The average molecular weight is 249 g/mol. The highest BCUT2D eigenvalue weighted by Gasteiger charge is 2.10. The first kappa shape index (κ1) is 14.4. The van der Waals surface area contributed by atoms with Gasteiger partial charge in [0, 0.05) is 5.18 Å². The lowest BCUT2D eigenvalue weighted by atomic mass is 10.1. The molecule has 0 N–H and O–H groups in total.